The van der Waals surface area contributed by atoms with E-state index in [1.165, 1.54) is 0 Å². The fourth-order valence-corrected chi connectivity index (χ4v) is 2.02. The number of nitrogens with zero attached hydrogens (tertiary/aromatic N) is 3. The minimum atomic E-state index is 0.667. The van der Waals surface area contributed by atoms with Gasteiger partial charge in [0.05, 0.1) is 11.9 Å². The number of hydrogen-bond donors (Lipinski definition) is 1. The molecule has 0 aliphatic heterocycles. The Morgan fingerprint density at radius 1 is 1.22 bits per heavy atom. The van der Waals surface area contributed by atoms with Crippen LogP contribution in [0, 0.1) is 6.92 Å². The first-order chi connectivity index (χ1) is 8.63. The van der Waals surface area contributed by atoms with Crippen molar-refractivity contribution < 1.29 is 0 Å². The summed E-state index contributed by atoms with van der Waals surface area (Å²) >= 11 is 5.86. The van der Waals surface area contributed by atoms with E-state index in [9.17, 15) is 0 Å². The number of aromatic nitrogens is 3. The summed E-state index contributed by atoms with van der Waals surface area (Å²) in [6.07, 6.45) is 1.76. The van der Waals surface area contributed by atoms with Crippen molar-refractivity contribution >= 4 is 22.9 Å². The summed E-state index contributed by atoms with van der Waals surface area (Å²) in [5.74, 6) is 0.667. The Kier molecular flexibility index (Phi) is 2.45. The summed E-state index contributed by atoms with van der Waals surface area (Å²) in [5, 5.41) is 5.11. The monoisotopic (exact) mass is 258 g/mol. The summed E-state index contributed by atoms with van der Waals surface area (Å²) < 4.78 is 1.70. The number of nitrogen functional groups attached to an aromatic ring is 1. The van der Waals surface area contributed by atoms with Gasteiger partial charge in [-0.1, -0.05) is 11.6 Å². The predicted octanol–water partition coefficient (Wildman–Crippen LogP) is 2.94. The quantitative estimate of drug-likeness (QED) is 0.730. The summed E-state index contributed by atoms with van der Waals surface area (Å²) in [4.78, 5) is 4.51. The van der Waals surface area contributed by atoms with Crippen LogP contribution in [0.2, 0.25) is 5.02 Å². The first-order valence-electron chi connectivity index (χ1n) is 5.52. The van der Waals surface area contributed by atoms with Gasteiger partial charge in [-0.3, -0.25) is 0 Å². The van der Waals surface area contributed by atoms with Crippen molar-refractivity contribution in [1.29, 1.82) is 0 Å². The van der Waals surface area contributed by atoms with Crippen LogP contribution in [0.4, 0.5) is 5.69 Å². The molecule has 0 atom stereocenters. The van der Waals surface area contributed by atoms with E-state index in [4.69, 9.17) is 17.3 Å². The smallest absolute Gasteiger partial charge is 0.182 e. The number of fused-ring (bicyclic) bond motifs is 1. The molecule has 4 nitrogen and oxygen atoms in total. The minimum Gasteiger partial charge on any atom is -0.397 e. The largest absolute Gasteiger partial charge is 0.397 e. The minimum absolute atomic E-state index is 0.667. The van der Waals surface area contributed by atoms with Crippen LogP contribution in [0.15, 0.2) is 36.5 Å². The molecule has 2 N–H and O–H groups in total. The van der Waals surface area contributed by atoms with Crippen LogP contribution < -0.4 is 5.73 Å². The van der Waals surface area contributed by atoms with Crippen molar-refractivity contribution in [2.24, 2.45) is 0 Å². The van der Waals surface area contributed by atoms with Gasteiger partial charge in [0.2, 0.25) is 0 Å². The molecule has 5 heteroatoms. The van der Waals surface area contributed by atoms with Crippen molar-refractivity contribution in [2.75, 3.05) is 5.73 Å². The Morgan fingerprint density at radius 3 is 2.67 bits per heavy atom. The molecule has 2 aromatic heterocycles. The van der Waals surface area contributed by atoms with Gasteiger partial charge in [0.15, 0.2) is 11.5 Å². The lowest BCUT2D eigenvalue weighted by Gasteiger charge is -1.97. The van der Waals surface area contributed by atoms with E-state index in [0.717, 1.165) is 16.8 Å². The molecule has 0 unspecified atom stereocenters. The maximum Gasteiger partial charge on any atom is 0.182 e. The zero-order chi connectivity index (χ0) is 12.7. The van der Waals surface area contributed by atoms with E-state index in [1.807, 2.05) is 37.3 Å². The Bertz CT molecular complexity index is 716. The highest BCUT2D eigenvalue weighted by Crippen LogP contribution is 2.21. The second-order valence-electron chi connectivity index (χ2n) is 4.17. The topological polar surface area (TPSA) is 56.2 Å². The number of pyridine rings is 1. The Labute approximate surface area is 109 Å². The van der Waals surface area contributed by atoms with Gasteiger partial charge in [-0.25, -0.2) is 9.50 Å². The van der Waals surface area contributed by atoms with Crippen molar-refractivity contribution in [3.05, 3.63) is 47.1 Å². The van der Waals surface area contributed by atoms with Crippen molar-refractivity contribution in [3.8, 4) is 11.4 Å². The zero-order valence-corrected chi connectivity index (χ0v) is 10.5. The van der Waals surface area contributed by atoms with Crippen LogP contribution in [0.3, 0.4) is 0 Å². The van der Waals surface area contributed by atoms with E-state index in [1.54, 1.807) is 10.7 Å². The second kappa shape index (κ2) is 3.99. The van der Waals surface area contributed by atoms with Gasteiger partial charge in [0.1, 0.15) is 0 Å². The van der Waals surface area contributed by atoms with E-state index in [0.29, 0.717) is 16.5 Å². The first kappa shape index (κ1) is 11.0. The van der Waals surface area contributed by atoms with Gasteiger partial charge in [-0.05, 0) is 42.8 Å². The predicted molar refractivity (Wildman–Crippen MR) is 72.6 cm³/mol. The molecule has 0 amide bonds. The average Bonchev–Trinajstić information content (AvgIpc) is 2.74. The lowest BCUT2D eigenvalue weighted by molar-refractivity contribution is 0.963. The summed E-state index contributed by atoms with van der Waals surface area (Å²) in [7, 11) is 0. The lowest BCUT2D eigenvalue weighted by Crippen LogP contribution is -1.94. The number of anilines is 1. The molecule has 0 saturated carbocycles. The normalized spacial score (nSPS) is 11.0. The van der Waals surface area contributed by atoms with Gasteiger partial charge >= 0.3 is 0 Å². The third-order valence-corrected chi connectivity index (χ3v) is 2.99. The third-order valence-electron chi connectivity index (χ3n) is 2.74. The molecule has 3 aromatic rings. The second-order valence-corrected chi connectivity index (χ2v) is 4.60. The summed E-state index contributed by atoms with van der Waals surface area (Å²) in [6.45, 7) is 1.96. The van der Waals surface area contributed by atoms with E-state index >= 15 is 0 Å². The van der Waals surface area contributed by atoms with Gasteiger partial charge in [-0.15, -0.1) is 5.10 Å². The molecule has 0 aliphatic rings. The SMILES string of the molecule is Cc1cc(N)cn2nc(-c3ccc(Cl)cc3)nc12. The zero-order valence-electron chi connectivity index (χ0n) is 9.76. The van der Waals surface area contributed by atoms with Gasteiger partial charge in [-0.2, -0.15) is 0 Å². The molecule has 0 bridgehead atoms. The molecular weight excluding hydrogens is 248 g/mol. The number of benzene rings is 1. The summed E-state index contributed by atoms with van der Waals surface area (Å²) in [6, 6.07) is 9.33. The fraction of sp³-hybridized carbons (Fsp3) is 0.0769. The van der Waals surface area contributed by atoms with Gasteiger partial charge in [0, 0.05) is 10.6 Å². The molecule has 0 spiro atoms. The van der Waals surface area contributed by atoms with E-state index in [-0.39, 0.29) is 0 Å². The third kappa shape index (κ3) is 1.80. The molecule has 0 aliphatic carbocycles. The maximum atomic E-state index is 5.86. The molecule has 0 fully saturated rings. The molecule has 18 heavy (non-hydrogen) atoms. The van der Waals surface area contributed by atoms with Crippen LogP contribution >= 0.6 is 11.6 Å². The molecular formula is C13H11ClN4. The highest BCUT2D eigenvalue weighted by atomic mass is 35.5. The van der Waals surface area contributed by atoms with Crippen LogP contribution in [-0.2, 0) is 0 Å². The van der Waals surface area contributed by atoms with E-state index in [2.05, 4.69) is 10.1 Å². The number of halogens is 1. The Hall–Kier alpha value is -2.07. The van der Waals surface area contributed by atoms with Crippen molar-refractivity contribution in [1.82, 2.24) is 14.6 Å². The molecule has 0 radical (unpaired) electrons. The molecule has 2 heterocycles. The maximum absolute atomic E-state index is 5.86. The molecule has 3 rings (SSSR count). The highest BCUT2D eigenvalue weighted by Gasteiger charge is 2.08. The standard InChI is InChI=1S/C13H11ClN4/c1-8-6-11(15)7-18-13(8)16-12(17-18)9-2-4-10(14)5-3-9/h2-7H,15H2,1H3. The number of rotatable bonds is 1. The highest BCUT2D eigenvalue weighted by molar-refractivity contribution is 6.30. The van der Waals surface area contributed by atoms with Crippen LogP contribution in [0.1, 0.15) is 5.56 Å². The van der Waals surface area contributed by atoms with Gasteiger partial charge in [0.25, 0.3) is 0 Å². The van der Waals surface area contributed by atoms with Crippen molar-refractivity contribution in [2.45, 2.75) is 6.92 Å². The van der Waals surface area contributed by atoms with Crippen molar-refractivity contribution in [3.63, 3.8) is 0 Å². The molecule has 90 valence electrons. The van der Waals surface area contributed by atoms with Crippen LogP contribution in [0.25, 0.3) is 17.0 Å². The van der Waals surface area contributed by atoms with E-state index < -0.39 is 0 Å². The Balaban J connectivity index is 2.19. The Morgan fingerprint density at radius 2 is 1.94 bits per heavy atom. The molecule has 0 saturated heterocycles. The van der Waals surface area contributed by atoms with Crippen LogP contribution in [-0.4, -0.2) is 14.6 Å². The average molecular weight is 259 g/mol. The number of nitrogens with two attached hydrogens (primary N) is 1. The summed E-state index contributed by atoms with van der Waals surface area (Å²) in [5.41, 5.74) is 9.21. The first-order valence-corrected chi connectivity index (χ1v) is 5.90. The van der Waals surface area contributed by atoms with Crippen LogP contribution in [0.5, 0.6) is 0 Å². The van der Waals surface area contributed by atoms with Gasteiger partial charge < -0.3 is 5.73 Å². The lowest BCUT2D eigenvalue weighted by atomic mass is 10.2. The number of aryl methyl sites for hydroxylation is 1. The molecule has 1 aromatic carbocycles. The fourth-order valence-electron chi connectivity index (χ4n) is 1.90. The number of hydrogen-bond acceptors (Lipinski definition) is 3.